The molecule has 0 unspecified atom stereocenters. The standard InChI is InChI=1S/C17H9ClF3N5/c18-12-3-1-10(2-4-12)13-9-14(11-5-7-22-8-6-11)26-16(23-13)24-15(25-26)17(19,20)21/h1-9H. The molecule has 0 aliphatic heterocycles. The van der Waals surface area contributed by atoms with Gasteiger partial charge in [0.25, 0.3) is 11.6 Å². The molecule has 0 spiro atoms. The number of alkyl halides is 3. The van der Waals surface area contributed by atoms with Gasteiger partial charge in [-0.1, -0.05) is 23.7 Å². The van der Waals surface area contributed by atoms with Crippen molar-refractivity contribution in [2.24, 2.45) is 0 Å². The van der Waals surface area contributed by atoms with Crippen LogP contribution in [0.25, 0.3) is 28.3 Å². The lowest BCUT2D eigenvalue weighted by Crippen LogP contribution is -2.07. The molecule has 0 amide bonds. The predicted molar refractivity (Wildman–Crippen MR) is 89.5 cm³/mol. The number of benzene rings is 1. The largest absolute Gasteiger partial charge is 0.453 e. The summed E-state index contributed by atoms with van der Waals surface area (Å²) in [4.78, 5) is 11.7. The van der Waals surface area contributed by atoms with E-state index in [1.807, 2.05) is 0 Å². The van der Waals surface area contributed by atoms with Crippen molar-refractivity contribution >= 4 is 17.4 Å². The second-order valence-electron chi connectivity index (χ2n) is 5.41. The van der Waals surface area contributed by atoms with Gasteiger partial charge >= 0.3 is 6.18 Å². The highest BCUT2D eigenvalue weighted by Gasteiger charge is 2.37. The minimum Gasteiger partial charge on any atom is -0.265 e. The van der Waals surface area contributed by atoms with Crippen LogP contribution in [0.2, 0.25) is 5.02 Å². The topological polar surface area (TPSA) is 56.0 Å². The second kappa shape index (κ2) is 6.06. The zero-order valence-electron chi connectivity index (χ0n) is 12.9. The van der Waals surface area contributed by atoms with Crippen molar-refractivity contribution in [1.82, 2.24) is 24.6 Å². The van der Waals surface area contributed by atoms with E-state index in [-0.39, 0.29) is 5.78 Å². The Labute approximate surface area is 150 Å². The monoisotopic (exact) mass is 375 g/mol. The van der Waals surface area contributed by atoms with Gasteiger partial charge in [0.05, 0.1) is 11.4 Å². The molecule has 26 heavy (non-hydrogen) atoms. The molecular formula is C17H9ClF3N5. The van der Waals surface area contributed by atoms with Crippen LogP contribution in [0.4, 0.5) is 13.2 Å². The first-order chi connectivity index (χ1) is 12.4. The van der Waals surface area contributed by atoms with E-state index in [4.69, 9.17) is 11.6 Å². The summed E-state index contributed by atoms with van der Waals surface area (Å²) in [5.74, 6) is -1.38. The molecule has 0 saturated heterocycles. The maximum absolute atomic E-state index is 13.0. The fourth-order valence-corrected chi connectivity index (χ4v) is 2.61. The van der Waals surface area contributed by atoms with Crippen molar-refractivity contribution in [3.05, 3.63) is 65.7 Å². The molecule has 9 heteroatoms. The Balaban J connectivity index is 1.99. The van der Waals surface area contributed by atoms with Crippen LogP contribution in [0.15, 0.2) is 54.9 Å². The Morgan fingerprint density at radius 3 is 2.23 bits per heavy atom. The van der Waals surface area contributed by atoms with Gasteiger partial charge in [-0.2, -0.15) is 22.7 Å². The summed E-state index contributed by atoms with van der Waals surface area (Å²) in [7, 11) is 0. The number of hydrogen-bond donors (Lipinski definition) is 0. The van der Waals surface area contributed by atoms with E-state index < -0.39 is 12.0 Å². The van der Waals surface area contributed by atoms with Gasteiger partial charge in [0.2, 0.25) is 0 Å². The second-order valence-corrected chi connectivity index (χ2v) is 5.85. The molecule has 4 rings (SSSR count). The van der Waals surface area contributed by atoms with Crippen molar-refractivity contribution in [2.45, 2.75) is 6.18 Å². The molecule has 0 fully saturated rings. The summed E-state index contributed by atoms with van der Waals surface area (Å²) in [6.45, 7) is 0. The first-order valence-electron chi connectivity index (χ1n) is 7.43. The smallest absolute Gasteiger partial charge is 0.265 e. The predicted octanol–water partition coefficient (Wildman–Crippen LogP) is 4.53. The molecule has 1 aromatic carbocycles. The Morgan fingerprint density at radius 2 is 1.58 bits per heavy atom. The molecule has 130 valence electrons. The van der Waals surface area contributed by atoms with E-state index in [1.54, 1.807) is 54.9 Å². The third kappa shape index (κ3) is 2.99. The minimum atomic E-state index is -4.66. The van der Waals surface area contributed by atoms with E-state index in [0.717, 1.165) is 4.52 Å². The van der Waals surface area contributed by atoms with Gasteiger partial charge in [-0.3, -0.25) is 4.98 Å². The average Bonchev–Trinajstić information content (AvgIpc) is 3.07. The molecule has 0 bridgehead atoms. The van der Waals surface area contributed by atoms with Crippen molar-refractivity contribution in [2.75, 3.05) is 0 Å². The fraction of sp³-hybridized carbons (Fsp3) is 0.0588. The third-order valence-electron chi connectivity index (χ3n) is 3.68. The Kier molecular flexibility index (Phi) is 3.84. The van der Waals surface area contributed by atoms with E-state index in [1.165, 1.54) is 0 Å². The van der Waals surface area contributed by atoms with Crippen LogP contribution in [0.1, 0.15) is 5.82 Å². The van der Waals surface area contributed by atoms with Gasteiger partial charge in [0, 0.05) is 28.5 Å². The first kappa shape index (κ1) is 16.5. The Hall–Kier alpha value is -3.00. The highest BCUT2D eigenvalue weighted by atomic mass is 35.5. The van der Waals surface area contributed by atoms with Crippen LogP contribution in [0.5, 0.6) is 0 Å². The van der Waals surface area contributed by atoms with Crippen molar-refractivity contribution in [3.8, 4) is 22.5 Å². The number of fused-ring (bicyclic) bond motifs is 1. The quantitative estimate of drug-likeness (QED) is 0.516. The summed E-state index contributed by atoms with van der Waals surface area (Å²) in [5, 5.41) is 4.13. The van der Waals surface area contributed by atoms with Crippen LogP contribution >= 0.6 is 11.6 Å². The number of nitrogens with zero attached hydrogens (tertiary/aromatic N) is 5. The zero-order chi connectivity index (χ0) is 18.3. The molecule has 0 atom stereocenters. The molecule has 5 nitrogen and oxygen atoms in total. The Bertz CT molecular complexity index is 1080. The number of pyridine rings is 1. The maximum atomic E-state index is 13.0. The zero-order valence-corrected chi connectivity index (χ0v) is 13.7. The third-order valence-corrected chi connectivity index (χ3v) is 3.93. The fourth-order valence-electron chi connectivity index (χ4n) is 2.49. The lowest BCUT2D eigenvalue weighted by atomic mass is 10.1. The molecule has 4 aromatic rings. The van der Waals surface area contributed by atoms with Crippen LogP contribution in [-0.4, -0.2) is 24.6 Å². The lowest BCUT2D eigenvalue weighted by Gasteiger charge is -2.07. The summed E-state index contributed by atoms with van der Waals surface area (Å²) < 4.78 is 40.2. The number of hydrogen-bond acceptors (Lipinski definition) is 4. The van der Waals surface area contributed by atoms with Crippen molar-refractivity contribution < 1.29 is 13.2 Å². The van der Waals surface area contributed by atoms with E-state index in [9.17, 15) is 13.2 Å². The first-order valence-corrected chi connectivity index (χ1v) is 7.81. The van der Waals surface area contributed by atoms with Gasteiger partial charge in [-0.15, -0.1) is 5.10 Å². The molecule has 0 radical (unpaired) electrons. The van der Waals surface area contributed by atoms with E-state index >= 15 is 0 Å². The molecule has 0 aliphatic rings. The van der Waals surface area contributed by atoms with Crippen LogP contribution < -0.4 is 0 Å². The number of halogens is 4. The minimum absolute atomic E-state index is 0.142. The molecule has 3 aromatic heterocycles. The molecule has 0 aliphatic carbocycles. The summed E-state index contributed by atoms with van der Waals surface area (Å²) >= 11 is 5.90. The average molecular weight is 376 g/mol. The highest BCUT2D eigenvalue weighted by molar-refractivity contribution is 6.30. The lowest BCUT2D eigenvalue weighted by molar-refractivity contribution is -0.144. The van der Waals surface area contributed by atoms with E-state index in [2.05, 4.69) is 20.1 Å². The SMILES string of the molecule is FC(F)(F)c1nc2nc(-c3ccc(Cl)cc3)cc(-c3ccncc3)n2n1. The van der Waals surface area contributed by atoms with Crippen LogP contribution in [0, 0.1) is 0 Å². The number of rotatable bonds is 2. The summed E-state index contributed by atoms with van der Waals surface area (Å²) in [6, 6.07) is 11.8. The normalized spacial score (nSPS) is 11.8. The van der Waals surface area contributed by atoms with Crippen molar-refractivity contribution in [1.29, 1.82) is 0 Å². The van der Waals surface area contributed by atoms with Gasteiger partial charge < -0.3 is 0 Å². The van der Waals surface area contributed by atoms with Gasteiger partial charge in [0.15, 0.2) is 0 Å². The summed E-state index contributed by atoms with van der Waals surface area (Å²) in [5.41, 5.74) is 2.22. The van der Waals surface area contributed by atoms with E-state index in [0.29, 0.717) is 27.5 Å². The van der Waals surface area contributed by atoms with Crippen LogP contribution in [0.3, 0.4) is 0 Å². The molecule has 0 N–H and O–H groups in total. The van der Waals surface area contributed by atoms with Gasteiger partial charge in [-0.05, 0) is 30.3 Å². The number of aromatic nitrogens is 5. The van der Waals surface area contributed by atoms with Crippen molar-refractivity contribution in [3.63, 3.8) is 0 Å². The Morgan fingerprint density at radius 1 is 0.885 bits per heavy atom. The summed E-state index contributed by atoms with van der Waals surface area (Å²) in [6.07, 6.45) is -1.57. The molecule has 3 heterocycles. The maximum Gasteiger partial charge on any atom is 0.453 e. The van der Waals surface area contributed by atoms with Crippen LogP contribution in [-0.2, 0) is 6.18 Å². The van der Waals surface area contributed by atoms with Gasteiger partial charge in [-0.25, -0.2) is 4.98 Å². The molecule has 0 saturated carbocycles. The molecular weight excluding hydrogens is 367 g/mol. The van der Waals surface area contributed by atoms with Gasteiger partial charge in [0.1, 0.15) is 0 Å². The highest BCUT2D eigenvalue weighted by Crippen LogP contribution is 2.30.